The standard InChI is InChI=1S/C26H25FO2/c1-19-15-20(2)17-22(16-19)12-14-25(13-11-21-7-6-10-24(27)18-21)29-26(28)23-8-4-3-5-9-23/h3-11,13,15-18,25H,12,14H2,1-2H3/b13-11+/t25-/m0/s1. The number of benzene rings is 3. The largest absolute Gasteiger partial charge is 0.455 e. The van der Waals surface area contributed by atoms with Crippen molar-refractivity contribution in [2.24, 2.45) is 0 Å². The normalized spacial score (nSPS) is 12.1. The number of aryl methyl sites for hydroxylation is 3. The van der Waals surface area contributed by atoms with Gasteiger partial charge in [0.2, 0.25) is 0 Å². The molecule has 0 unspecified atom stereocenters. The molecular formula is C26H25FO2. The van der Waals surface area contributed by atoms with Gasteiger partial charge in [-0.1, -0.05) is 65.7 Å². The number of hydrogen-bond acceptors (Lipinski definition) is 2. The molecule has 1 atom stereocenters. The number of ether oxygens (including phenoxy) is 1. The highest BCUT2D eigenvalue weighted by Crippen LogP contribution is 2.16. The summed E-state index contributed by atoms with van der Waals surface area (Å²) in [6.07, 6.45) is 4.65. The molecule has 3 aromatic rings. The Labute approximate surface area is 171 Å². The highest BCUT2D eigenvalue weighted by Gasteiger charge is 2.14. The van der Waals surface area contributed by atoms with Gasteiger partial charge in [0, 0.05) is 0 Å². The molecule has 0 radical (unpaired) electrons. The number of hydrogen-bond donors (Lipinski definition) is 0. The van der Waals surface area contributed by atoms with Crippen molar-refractivity contribution in [1.29, 1.82) is 0 Å². The van der Waals surface area contributed by atoms with Gasteiger partial charge in [-0.3, -0.25) is 0 Å². The molecule has 0 amide bonds. The first-order chi connectivity index (χ1) is 14.0. The molecule has 0 bridgehead atoms. The van der Waals surface area contributed by atoms with Crippen LogP contribution in [0.2, 0.25) is 0 Å². The van der Waals surface area contributed by atoms with Gasteiger partial charge in [0.05, 0.1) is 5.56 Å². The Morgan fingerprint density at radius 1 is 0.966 bits per heavy atom. The van der Waals surface area contributed by atoms with Crippen LogP contribution in [-0.2, 0) is 11.2 Å². The molecule has 0 heterocycles. The van der Waals surface area contributed by atoms with Crippen molar-refractivity contribution < 1.29 is 13.9 Å². The third-order valence-electron chi connectivity index (χ3n) is 4.62. The number of rotatable bonds is 7. The molecule has 0 aromatic heterocycles. The lowest BCUT2D eigenvalue weighted by molar-refractivity contribution is 0.0382. The Morgan fingerprint density at radius 3 is 2.38 bits per heavy atom. The molecule has 0 fully saturated rings. The molecule has 3 aromatic carbocycles. The first-order valence-corrected chi connectivity index (χ1v) is 9.76. The minimum atomic E-state index is -0.410. The van der Waals surface area contributed by atoms with Crippen LogP contribution in [0.3, 0.4) is 0 Å². The fraction of sp³-hybridized carbons (Fsp3) is 0.192. The van der Waals surface area contributed by atoms with E-state index in [4.69, 9.17) is 4.74 Å². The molecule has 0 N–H and O–H groups in total. The van der Waals surface area contributed by atoms with Crippen molar-refractivity contribution in [2.75, 3.05) is 0 Å². The van der Waals surface area contributed by atoms with E-state index in [-0.39, 0.29) is 11.8 Å². The van der Waals surface area contributed by atoms with Crippen LogP contribution in [0.1, 0.15) is 39.0 Å². The lowest BCUT2D eigenvalue weighted by Crippen LogP contribution is -2.17. The Balaban J connectivity index is 1.75. The fourth-order valence-electron chi connectivity index (χ4n) is 3.33. The summed E-state index contributed by atoms with van der Waals surface area (Å²) in [7, 11) is 0. The molecule has 29 heavy (non-hydrogen) atoms. The van der Waals surface area contributed by atoms with Crippen molar-refractivity contribution in [2.45, 2.75) is 32.8 Å². The van der Waals surface area contributed by atoms with Gasteiger partial charge in [0.25, 0.3) is 0 Å². The SMILES string of the molecule is Cc1cc(C)cc(CC[C@H](/C=C/c2cccc(F)c2)OC(=O)c2ccccc2)c1. The zero-order chi connectivity index (χ0) is 20.6. The maximum Gasteiger partial charge on any atom is 0.338 e. The highest BCUT2D eigenvalue weighted by molar-refractivity contribution is 5.89. The monoisotopic (exact) mass is 388 g/mol. The van der Waals surface area contributed by atoms with Gasteiger partial charge in [0.1, 0.15) is 11.9 Å². The van der Waals surface area contributed by atoms with E-state index < -0.39 is 6.10 Å². The quantitative estimate of drug-likeness (QED) is 0.443. The summed E-state index contributed by atoms with van der Waals surface area (Å²) in [5, 5.41) is 0. The van der Waals surface area contributed by atoms with E-state index in [2.05, 4.69) is 32.0 Å². The van der Waals surface area contributed by atoms with Crippen LogP contribution in [0.25, 0.3) is 6.08 Å². The Hall–Kier alpha value is -3.20. The highest BCUT2D eigenvalue weighted by atomic mass is 19.1. The van der Waals surface area contributed by atoms with Gasteiger partial charge >= 0.3 is 5.97 Å². The fourth-order valence-corrected chi connectivity index (χ4v) is 3.33. The third-order valence-corrected chi connectivity index (χ3v) is 4.62. The lowest BCUT2D eigenvalue weighted by Gasteiger charge is -2.15. The molecule has 3 rings (SSSR count). The predicted octanol–water partition coefficient (Wildman–Crippen LogP) is 6.31. The maximum atomic E-state index is 13.4. The summed E-state index contributed by atoms with van der Waals surface area (Å²) in [6, 6.07) is 21.7. The van der Waals surface area contributed by atoms with Crippen molar-refractivity contribution in [1.82, 2.24) is 0 Å². The first kappa shape index (κ1) is 20.5. The van der Waals surface area contributed by atoms with Crippen molar-refractivity contribution >= 4 is 12.0 Å². The molecule has 0 aliphatic rings. The van der Waals surface area contributed by atoms with Gasteiger partial charge < -0.3 is 4.74 Å². The molecule has 0 spiro atoms. The van der Waals surface area contributed by atoms with Gasteiger partial charge in [-0.05, 0) is 68.2 Å². The van der Waals surface area contributed by atoms with Crippen molar-refractivity contribution in [3.8, 4) is 0 Å². The van der Waals surface area contributed by atoms with E-state index in [1.165, 1.54) is 28.8 Å². The van der Waals surface area contributed by atoms with E-state index in [0.717, 1.165) is 12.0 Å². The zero-order valence-electron chi connectivity index (χ0n) is 16.8. The van der Waals surface area contributed by atoms with Gasteiger partial charge in [-0.25, -0.2) is 9.18 Å². The van der Waals surface area contributed by atoms with Crippen LogP contribution in [0, 0.1) is 19.7 Å². The van der Waals surface area contributed by atoms with E-state index >= 15 is 0 Å². The second-order valence-corrected chi connectivity index (χ2v) is 7.26. The maximum absolute atomic E-state index is 13.4. The summed E-state index contributed by atoms with van der Waals surface area (Å²) in [6.45, 7) is 4.15. The molecule has 0 aliphatic heterocycles. The van der Waals surface area contributed by atoms with Crippen LogP contribution in [0.15, 0.2) is 78.9 Å². The van der Waals surface area contributed by atoms with E-state index in [1.54, 1.807) is 24.3 Å². The predicted molar refractivity (Wildman–Crippen MR) is 115 cm³/mol. The first-order valence-electron chi connectivity index (χ1n) is 9.76. The second-order valence-electron chi connectivity index (χ2n) is 7.26. The van der Waals surface area contributed by atoms with Crippen molar-refractivity contribution in [3.63, 3.8) is 0 Å². The van der Waals surface area contributed by atoms with Gasteiger partial charge in [0.15, 0.2) is 0 Å². The van der Waals surface area contributed by atoms with E-state index in [1.807, 2.05) is 30.3 Å². The van der Waals surface area contributed by atoms with Crippen LogP contribution in [0.5, 0.6) is 0 Å². The van der Waals surface area contributed by atoms with E-state index in [9.17, 15) is 9.18 Å². The third kappa shape index (κ3) is 6.42. The topological polar surface area (TPSA) is 26.3 Å². The summed E-state index contributed by atoms with van der Waals surface area (Å²) in [5.74, 6) is -0.653. The van der Waals surface area contributed by atoms with Crippen molar-refractivity contribution in [3.05, 3.63) is 113 Å². The van der Waals surface area contributed by atoms with E-state index in [0.29, 0.717) is 12.0 Å². The summed E-state index contributed by atoms with van der Waals surface area (Å²) in [5.41, 5.74) is 4.89. The number of carbonyl (C=O) groups excluding carboxylic acids is 1. The summed E-state index contributed by atoms with van der Waals surface area (Å²) < 4.78 is 19.2. The molecule has 0 aliphatic carbocycles. The minimum absolute atomic E-state index is 0.291. The number of carbonyl (C=O) groups is 1. The molecule has 3 heteroatoms. The van der Waals surface area contributed by atoms with Crippen LogP contribution >= 0.6 is 0 Å². The number of esters is 1. The van der Waals surface area contributed by atoms with Crippen LogP contribution < -0.4 is 0 Å². The lowest BCUT2D eigenvalue weighted by atomic mass is 10.0. The Morgan fingerprint density at radius 2 is 1.69 bits per heavy atom. The van der Waals surface area contributed by atoms with Crippen LogP contribution in [0.4, 0.5) is 4.39 Å². The van der Waals surface area contributed by atoms with Gasteiger partial charge in [-0.15, -0.1) is 0 Å². The average molecular weight is 388 g/mol. The zero-order valence-corrected chi connectivity index (χ0v) is 16.8. The van der Waals surface area contributed by atoms with Crippen LogP contribution in [-0.4, -0.2) is 12.1 Å². The smallest absolute Gasteiger partial charge is 0.338 e. The number of halogens is 1. The van der Waals surface area contributed by atoms with Gasteiger partial charge in [-0.2, -0.15) is 0 Å². The minimum Gasteiger partial charge on any atom is -0.455 e. The average Bonchev–Trinajstić information content (AvgIpc) is 2.70. The summed E-state index contributed by atoms with van der Waals surface area (Å²) in [4.78, 5) is 12.5. The molecule has 0 saturated heterocycles. The Kier molecular flexibility index (Phi) is 6.96. The molecule has 2 nitrogen and oxygen atoms in total. The summed E-state index contributed by atoms with van der Waals surface area (Å²) >= 11 is 0. The molecular weight excluding hydrogens is 363 g/mol. The molecule has 148 valence electrons. The second kappa shape index (κ2) is 9.83. The molecule has 0 saturated carbocycles. The Bertz CT molecular complexity index is 972.